The summed E-state index contributed by atoms with van der Waals surface area (Å²) in [6.45, 7) is 7.72. The van der Waals surface area contributed by atoms with Crippen molar-refractivity contribution in [1.29, 1.82) is 0 Å². The summed E-state index contributed by atoms with van der Waals surface area (Å²) in [6.07, 6.45) is 3.88. The van der Waals surface area contributed by atoms with Crippen LogP contribution >= 0.6 is 0 Å². The quantitative estimate of drug-likeness (QED) is 0.592. The second kappa shape index (κ2) is 8.57. The van der Waals surface area contributed by atoms with Crippen LogP contribution in [-0.2, 0) is 0 Å². The third-order valence-electron chi connectivity index (χ3n) is 6.43. The number of ether oxygens (including phenoxy) is 1. The standard InChI is InChI=1S/C23H27F2N7O/c1-13(2)32-23(33-17-6-7-18(24)19(25)9-17)29-22(30-32)28-21-15-4-5-16(21)11-31(10-15)20-8-14(3)26-12-27-20/h6-9,12-13,15-16,21H,4-5,10-11H2,1-3H3,(H,28,30)/t15-,16+,21-. The molecule has 1 aliphatic heterocycles. The van der Waals surface area contributed by atoms with Crippen LogP contribution < -0.4 is 15.0 Å². The first-order valence-corrected chi connectivity index (χ1v) is 11.3. The molecule has 8 nitrogen and oxygen atoms in total. The molecule has 2 aliphatic rings. The average Bonchev–Trinajstić information content (AvgIpc) is 3.27. The zero-order valence-electron chi connectivity index (χ0n) is 18.9. The highest BCUT2D eigenvalue weighted by Crippen LogP contribution is 2.40. The molecule has 174 valence electrons. The van der Waals surface area contributed by atoms with Crippen molar-refractivity contribution in [2.45, 2.75) is 45.7 Å². The minimum atomic E-state index is -0.969. The Morgan fingerprint density at radius 1 is 1.06 bits per heavy atom. The first-order chi connectivity index (χ1) is 15.9. The van der Waals surface area contributed by atoms with E-state index in [9.17, 15) is 8.78 Å². The summed E-state index contributed by atoms with van der Waals surface area (Å²) in [5, 5.41) is 8.12. The van der Waals surface area contributed by atoms with E-state index in [0.717, 1.165) is 49.6 Å². The third-order valence-corrected chi connectivity index (χ3v) is 6.43. The molecule has 0 radical (unpaired) electrons. The summed E-state index contributed by atoms with van der Waals surface area (Å²) in [4.78, 5) is 15.5. The van der Waals surface area contributed by atoms with Crippen LogP contribution in [0.3, 0.4) is 0 Å². The van der Waals surface area contributed by atoms with Crippen molar-refractivity contribution in [1.82, 2.24) is 24.7 Å². The molecule has 10 heteroatoms. The number of aryl methyl sites for hydroxylation is 1. The monoisotopic (exact) mass is 455 g/mol. The number of piperidine rings is 1. The van der Waals surface area contributed by atoms with Gasteiger partial charge in [0, 0.05) is 37.0 Å². The van der Waals surface area contributed by atoms with Gasteiger partial charge in [0.25, 0.3) is 0 Å². The van der Waals surface area contributed by atoms with Crippen LogP contribution in [0.4, 0.5) is 20.5 Å². The van der Waals surface area contributed by atoms with Gasteiger partial charge in [-0.3, -0.25) is 0 Å². The summed E-state index contributed by atoms with van der Waals surface area (Å²) in [6, 6.07) is 5.91. The Morgan fingerprint density at radius 2 is 1.82 bits per heavy atom. The van der Waals surface area contributed by atoms with Gasteiger partial charge >= 0.3 is 6.01 Å². The molecule has 1 N–H and O–H groups in total. The maximum atomic E-state index is 13.6. The van der Waals surface area contributed by atoms with Gasteiger partial charge in [0.1, 0.15) is 17.9 Å². The lowest BCUT2D eigenvalue weighted by Crippen LogP contribution is -2.48. The highest BCUT2D eigenvalue weighted by molar-refractivity contribution is 5.42. The Bertz CT molecular complexity index is 1140. The van der Waals surface area contributed by atoms with Gasteiger partial charge in [0.05, 0.1) is 6.04 Å². The number of halogens is 2. The predicted octanol–water partition coefficient (Wildman–Crippen LogP) is 4.35. The first kappa shape index (κ1) is 21.5. The lowest BCUT2D eigenvalue weighted by molar-refractivity contribution is 0.372. The highest BCUT2D eigenvalue weighted by Gasteiger charge is 2.43. The van der Waals surface area contributed by atoms with Crippen LogP contribution in [0.2, 0.25) is 0 Å². The lowest BCUT2D eigenvalue weighted by Gasteiger charge is -2.38. The summed E-state index contributed by atoms with van der Waals surface area (Å²) in [5.74, 6) is 0.624. The van der Waals surface area contributed by atoms with Gasteiger partial charge in [0.2, 0.25) is 5.95 Å². The van der Waals surface area contributed by atoms with Crippen molar-refractivity contribution in [3.8, 4) is 11.8 Å². The first-order valence-electron chi connectivity index (χ1n) is 11.3. The van der Waals surface area contributed by atoms with E-state index < -0.39 is 11.6 Å². The van der Waals surface area contributed by atoms with E-state index in [1.807, 2.05) is 26.8 Å². The Kier molecular flexibility index (Phi) is 5.59. The van der Waals surface area contributed by atoms with Crippen molar-refractivity contribution in [2.24, 2.45) is 11.8 Å². The predicted molar refractivity (Wildman–Crippen MR) is 119 cm³/mol. The molecule has 0 unspecified atom stereocenters. The van der Waals surface area contributed by atoms with Crippen molar-refractivity contribution in [3.63, 3.8) is 0 Å². The molecule has 3 heterocycles. The van der Waals surface area contributed by atoms with Crippen molar-refractivity contribution < 1.29 is 13.5 Å². The molecule has 1 aliphatic carbocycles. The Balaban J connectivity index is 1.32. The fourth-order valence-electron chi connectivity index (χ4n) is 4.83. The van der Waals surface area contributed by atoms with E-state index in [0.29, 0.717) is 17.8 Å². The maximum Gasteiger partial charge on any atom is 0.322 e. The van der Waals surface area contributed by atoms with Gasteiger partial charge < -0.3 is 15.0 Å². The lowest BCUT2D eigenvalue weighted by atomic mass is 9.92. The van der Waals surface area contributed by atoms with E-state index in [4.69, 9.17) is 4.74 Å². The summed E-state index contributed by atoms with van der Waals surface area (Å²) < 4.78 is 34.3. The van der Waals surface area contributed by atoms with Crippen LogP contribution in [-0.4, -0.2) is 43.9 Å². The molecule has 5 rings (SSSR count). The molecule has 1 saturated carbocycles. The van der Waals surface area contributed by atoms with Gasteiger partial charge in [-0.15, -0.1) is 5.10 Å². The number of hydrogen-bond acceptors (Lipinski definition) is 7. The van der Waals surface area contributed by atoms with Gasteiger partial charge in [-0.25, -0.2) is 23.4 Å². The fourth-order valence-corrected chi connectivity index (χ4v) is 4.83. The van der Waals surface area contributed by atoms with Gasteiger partial charge in [-0.05, 0) is 57.6 Å². The highest BCUT2D eigenvalue weighted by atomic mass is 19.2. The number of nitrogens with one attached hydrogen (secondary N) is 1. The number of anilines is 2. The number of aromatic nitrogens is 5. The topological polar surface area (TPSA) is 81.0 Å². The largest absolute Gasteiger partial charge is 0.424 e. The molecule has 0 amide bonds. The Hall–Kier alpha value is -3.30. The van der Waals surface area contributed by atoms with Crippen LogP contribution in [0.5, 0.6) is 11.8 Å². The third kappa shape index (κ3) is 4.34. The number of hydrogen-bond donors (Lipinski definition) is 1. The van der Waals surface area contributed by atoms with E-state index in [-0.39, 0.29) is 23.8 Å². The van der Waals surface area contributed by atoms with Crippen molar-refractivity contribution in [2.75, 3.05) is 23.3 Å². The SMILES string of the molecule is Cc1cc(N2C[C@H]3CC[C@@H](C2)[C@@H]3Nc2nc(Oc3ccc(F)c(F)c3)n(C(C)C)n2)ncn1. The van der Waals surface area contributed by atoms with Crippen LogP contribution in [0, 0.1) is 30.4 Å². The van der Waals surface area contributed by atoms with E-state index in [2.05, 4.69) is 30.3 Å². The number of fused-ring (bicyclic) bond motifs is 2. The molecular weight excluding hydrogens is 428 g/mol. The van der Waals surface area contributed by atoms with Crippen LogP contribution in [0.25, 0.3) is 0 Å². The molecule has 1 saturated heterocycles. The average molecular weight is 456 g/mol. The van der Waals surface area contributed by atoms with Crippen LogP contribution in [0.1, 0.15) is 38.4 Å². The smallest absolute Gasteiger partial charge is 0.322 e. The summed E-state index contributed by atoms with van der Waals surface area (Å²) in [5.41, 5.74) is 0.963. The minimum Gasteiger partial charge on any atom is -0.424 e. The zero-order valence-corrected chi connectivity index (χ0v) is 18.9. The Labute approximate surface area is 191 Å². The zero-order chi connectivity index (χ0) is 23.1. The summed E-state index contributed by atoms with van der Waals surface area (Å²) >= 11 is 0. The number of rotatable bonds is 6. The maximum absolute atomic E-state index is 13.6. The Morgan fingerprint density at radius 3 is 2.48 bits per heavy atom. The molecular formula is C23H27F2N7O. The van der Waals surface area contributed by atoms with Gasteiger partial charge in [-0.2, -0.15) is 4.98 Å². The summed E-state index contributed by atoms with van der Waals surface area (Å²) in [7, 11) is 0. The number of benzene rings is 1. The van der Waals surface area contributed by atoms with E-state index >= 15 is 0 Å². The molecule has 0 spiro atoms. The molecule has 3 aromatic rings. The molecule has 1 aromatic carbocycles. The molecule has 2 aromatic heterocycles. The normalized spacial score (nSPS) is 22.1. The molecule has 33 heavy (non-hydrogen) atoms. The van der Waals surface area contributed by atoms with Crippen molar-refractivity contribution in [3.05, 3.63) is 47.9 Å². The van der Waals surface area contributed by atoms with E-state index in [1.165, 1.54) is 6.07 Å². The van der Waals surface area contributed by atoms with Crippen molar-refractivity contribution >= 4 is 11.8 Å². The second-order valence-corrected chi connectivity index (χ2v) is 9.12. The fraction of sp³-hybridized carbons (Fsp3) is 0.478. The van der Waals surface area contributed by atoms with Gasteiger partial charge in [-0.1, -0.05) is 0 Å². The molecule has 2 bridgehead atoms. The second-order valence-electron chi connectivity index (χ2n) is 9.12. The van der Waals surface area contributed by atoms with E-state index in [1.54, 1.807) is 11.0 Å². The molecule has 2 fully saturated rings. The van der Waals surface area contributed by atoms with Gasteiger partial charge in [0.15, 0.2) is 11.6 Å². The number of nitrogens with zero attached hydrogens (tertiary/aromatic N) is 6. The van der Waals surface area contributed by atoms with Crippen LogP contribution in [0.15, 0.2) is 30.6 Å². The minimum absolute atomic E-state index is 0.0204. The molecule has 3 atom stereocenters.